The van der Waals surface area contributed by atoms with Crippen LogP contribution in [0.2, 0.25) is 0 Å². The quantitative estimate of drug-likeness (QED) is 0.200. The Labute approximate surface area is 356 Å². The van der Waals surface area contributed by atoms with Gasteiger partial charge in [-0.05, 0) is 116 Å². The monoisotopic (exact) mass is 807 g/mol. The van der Waals surface area contributed by atoms with Crippen molar-refractivity contribution >= 4 is 57.0 Å². The van der Waals surface area contributed by atoms with Crippen molar-refractivity contribution in [3.63, 3.8) is 0 Å². The number of aromatic hydroxyl groups is 1. The number of phenolic OH excluding ortho intramolecular Hbond substituents is 1. The minimum atomic E-state index is -1.98. The van der Waals surface area contributed by atoms with Crippen molar-refractivity contribution in [2.24, 2.45) is 28.6 Å². The van der Waals surface area contributed by atoms with Gasteiger partial charge >= 0.3 is 45.5 Å². The molecule has 7 nitrogen and oxygen atoms in total. The number of carbonyl (C=O) groups excluding carboxylic acids is 2. The summed E-state index contributed by atoms with van der Waals surface area (Å²) in [6, 6.07) is 17.5. The Bertz CT molecular complexity index is 1700. The van der Waals surface area contributed by atoms with Gasteiger partial charge in [0.25, 0.3) is 0 Å². The summed E-state index contributed by atoms with van der Waals surface area (Å²) in [6.07, 6.45) is 5.44. The molecule has 4 aliphatic carbocycles. The molecule has 0 aliphatic heterocycles. The summed E-state index contributed by atoms with van der Waals surface area (Å²) in [4.78, 5) is 26.9. The summed E-state index contributed by atoms with van der Waals surface area (Å²) < 4.78 is 16.9. The molecule has 53 heavy (non-hydrogen) atoms. The first-order chi connectivity index (χ1) is 24.4. The number of aryl methyl sites for hydroxylation is 1. The minimum absolute atomic E-state index is 0. The second kappa shape index (κ2) is 16.8. The van der Waals surface area contributed by atoms with Crippen LogP contribution in [-0.4, -0.2) is 125 Å². The molecule has 0 bridgehead atoms. The number of phenols is 1. The molecule has 0 saturated heterocycles. The number of halogens is 1. The van der Waals surface area contributed by atoms with Crippen LogP contribution in [0.3, 0.4) is 0 Å². The second-order valence-electron chi connectivity index (χ2n) is 17.0. The molecule has 3 saturated carbocycles. The van der Waals surface area contributed by atoms with Gasteiger partial charge in [0.05, 0.1) is 6.10 Å². The molecule has 9 atom stereocenters. The molecule has 9 heteroatoms. The number of aliphatic hydroxyl groups excluding tert-OH is 2. The number of rotatable bonds is 9. The number of fused-ring (bicyclic) bond motifs is 5. The Balaban J connectivity index is 0.000000365. The van der Waals surface area contributed by atoms with E-state index in [4.69, 9.17) is 0 Å². The molecule has 0 radical (unpaired) electrons. The first kappa shape index (κ1) is 44.0. The van der Waals surface area contributed by atoms with Gasteiger partial charge < -0.3 is 23.3 Å². The first-order valence-corrected chi connectivity index (χ1v) is 19.1. The summed E-state index contributed by atoms with van der Waals surface area (Å²) in [5.74, 6) is -1.51. The molecule has 2 aromatic carbocycles. The zero-order valence-corrected chi connectivity index (χ0v) is 36.5. The molecule has 0 amide bonds. The van der Waals surface area contributed by atoms with Gasteiger partial charge in [-0.3, -0.25) is 14.5 Å². The van der Waals surface area contributed by atoms with Crippen LogP contribution in [0.25, 0.3) is 0 Å². The van der Waals surface area contributed by atoms with Crippen LogP contribution < -0.4 is 0 Å². The molecular weight excluding hydrogens is 745 g/mol. The second-order valence-corrected chi connectivity index (χ2v) is 17.0. The van der Waals surface area contributed by atoms with Crippen molar-refractivity contribution in [2.75, 3.05) is 13.2 Å². The largest absolute Gasteiger partial charge is 2.00 e. The van der Waals surface area contributed by atoms with E-state index in [0.29, 0.717) is 42.7 Å². The number of hydrogen-bond donors (Lipinski definition) is 4. The Morgan fingerprint density at radius 1 is 1.06 bits per heavy atom. The predicted molar refractivity (Wildman–Crippen MR) is 211 cm³/mol. The molecule has 3 fully saturated rings. The fraction of sp³-hybridized carbons (Fsp3) is 0.591. The molecule has 0 heterocycles. The van der Waals surface area contributed by atoms with E-state index in [1.54, 1.807) is 26.8 Å². The average molecular weight is 808 g/mol. The molecule has 4 N–H and O–H groups in total. The van der Waals surface area contributed by atoms with E-state index in [0.717, 1.165) is 18.5 Å². The predicted octanol–water partition coefficient (Wildman–Crippen LogP) is 7.08. The van der Waals surface area contributed by atoms with Crippen molar-refractivity contribution in [1.82, 2.24) is 4.90 Å². The van der Waals surface area contributed by atoms with Crippen LogP contribution in [0, 0.1) is 35.5 Å². The number of aliphatic hydroxyl groups is 3. The standard InChI is InChI=1S/C22H29FO5.C22H31NO.Sr.2H/c1-12-8-16-15-5-4-13-9-14(25)6-7-19(13,2)21(15,23)17(26)10-20(16,3)22(12,28)18(27)11-24;1-16(2)23(17(3)4)14-13-20(19-9-7-6-8-10-19)21-15-18(5)11-12-22(21)24;;;/h6-7,9,12,15-17,24,26,28H,4-5,8,10-11H2,1-3H3;6-12,15-17,20,24H,13-14H2,1-5H3;;;/q;;+2;2*-1/t12-,15+,16+,17+,19+,20+,21+,22+;20-;;;/m11.../s1. The van der Waals surface area contributed by atoms with Gasteiger partial charge in [-0.25, -0.2) is 4.39 Å². The third-order valence-electron chi connectivity index (χ3n) is 13.6. The van der Waals surface area contributed by atoms with Gasteiger partial charge in [0.15, 0.2) is 17.2 Å². The van der Waals surface area contributed by atoms with Crippen molar-refractivity contribution in [3.05, 3.63) is 89.0 Å². The normalized spacial score (nSPS) is 33.6. The fourth-order valence-electron chi connectivity index (χ4n) is 10.8. The van der Waals surface area contributed by atoms with Crippen molar-refractivity contribution < 1.29 is 37.3 Å². The molecule has 2 aromatic rings. The van der Waals surface area contributed by atoms with E-state index in [-0.39, 0.29) is 72.4 Å². The third-order valence-corrected chi connectivity index (χ3v) is 13.6. The topological polar surface area (TPSA) is 118 Å². The number of ketones is 2. The average Bonchev–Trinajstić information content (AvgIpc) is 3.30. The number of carbonyl (C=O) groups is 2. The van der Waals surface area contributed by atoms with Crippen LogP contribution in [-0.2, 0) is 9.59 Å². The Kier molecular flexibility index (Phi) is 14.0. The van der Waals surface area contributed by atoms with Crippen molar-refractivity contribution in [2.45, 2.75) is 123 Å². The van der Waals surface area contributed by atoms with Gasteiger partial charge in [0.1, 0.15) is 18.0 Å². The van der Waals surface area contributed by atoms with Gasteiger partial charge in [0, 0.05) is 40.3 Å². The van der Waals surface area contributed by atoms with E-state index in [2.05, 4.69) is 69.9 Å². The summed E-state index contributed by atoms with van der Waals surface area (Å²) in [7, 11) is 0. The molecule has 0 spiro atoms. The zero-order chi connectivity index (χ0) is 38.4. The summed E-state index contributed by atoms with van der Waals surface area (Å²) in [6.45, 7) is 16.6. The molecule has 288 valence electrons. The molecular formula is C44H62FNO6Sr. The number of Topliss-reactive ketones (excluding diaryl/α,β-unsaturated/α-hetero) is 1. The first-order valence-electron chi connectivity index (χ1n) is 19.1. The van der Waals surface area contributed by atoms with E-state index in [1.165, 1.54) is 23.3 Å². The van der Waals surface area contributed by atoms with Gasteiger partial charge in [-0.2, -0.15) is 0 Å². The van der Waals surface area contributed by atoms with Crippen molar-refractivity contribution in [3.8, 4) is 5.75 Å². The van der Waals surface area contributed by atoms with Crippen LogP contribution in [0.15, 0.2) is 72.3 Å². The maximum atomic E-state index is 16.9. The molecule has 4 aliphatic rings. The Hall–Kier alpha value is -1.69. The summed E-state index contributed by atoms with van der Waals surface area (Å²) in [5, 5.41) is 42.4. The van der Waals surface area contributed by atoms with Crippen LogP contribution in [0.5, 0.6) is 5.75 Å². The van der Waals surface area contributed by atoms with Gasteiger partial charge in [-0.1, -0.05) is 73.5 Å². The van der Waals surface area contributed by atoms with Gasteiger partial charge in [0.2, 0.25) is 0 Å². The number of allylic oxidation sites excluding steroid dienone is 4. The summed E-state index contributed by atoms with van der Waals surface area (Å²) >= 11 is 0. The number of nitrogens with zero attached hydrogens (tertiary/aromatic N) is 1. The Morgan fingerprint density at radius 2 is 1.70 bits per heavy atom. The van der Waals surface area contributed by atoms with Crippen LogP contribution in [0.4, 0.5) is 4.39 Å². The fourth-order valence-corrected chi connectivity index (χ4v) is 10.8. The van der Waals surface area contributed by atoms with E-state index in [9.17, 15) is 30.0 Å². The van der Waals surface area contributed by atoms with Gasteiger partial charge in [-0.15, -0.1) is 0 Å². The number of benzene rings is 2. The maximum Gasteiger partial charge on any atom is 2.00 e. The minimum Gasteiger partial charge on any atom is -1.00 e. The van der Waals surface area contributed by atoms with Crippen LogP contribution >= 0.6 is 0 Å². The third kappa shape index (κ3) is 7.60. The van der Waals surface area contributed by atoms with E-state index in [1.807, 2.05) is 18.2 Å². The SMILES string of the molecule is C[C@@H]1C[C@H]2[C@@H]3CCC4=CC(=O)C=C[C@]4(C)[C@@]3(F)[C@@H](O)C[C@]2(C)[C@@]1(O)C(=O)CO.Cc1ccc(O)c([C@H](CCN(C(C)C)C(C)C)c2ccccc2)c1.[H-].[H-].[Sr+2]. The number of alkyl halides is 1. The molecule has 0 unspecified atom stereocenters. The Morgan fingerprint density at radius 3 is 2.30 bits per heavy atom. The smallest absolute Gasteiger partial charge is 1.00 e. The number of hydrogen-bond acceptors (Lipinski definition) is 7. The molecule has 0 aromatic heterocycles. The molecule has 6 rings (SSSR count). The van der Waals surface area contributed by atoms with Crippen LogP contribution in [0.1, 0.15) is 106 Å². The van der Waals surface area contributed by atoms with E-state index < -0.39 is 52.4 Å². The maximum absolute atomic E-state index is 16.9. The summed E-state index contributed by atoms with van der Waals surface area (Å²) in [5.41, 5.74) is -1.68. The van der Waals surface area contributed by atoms with Crippen molar-refractivity contribution in [1.29, 1.82) is 0 Å². The zero-order valence-electron chi connectivity index (χ0n) is 35.0. The van der Waals surface area contributed by atoms with E-state index >= 15 is 4.39 Å².